The molecule has 0 unspecified atom stereocenters. The van der Waals surface area contributed by atoms with E-state index in [-0.39, 0.29) is 5.11 Å². The van der Waals surface area contributed by atoms with Crippen molar-refractivity contribution >= 4 is 52.7 Å². The molecule has 18 heavy (non-hydrogen) atoms. The molecule has 1 aliphatic rings. The second-order valence-corrected chi connectivity index (χ2v) is 4.38. The third-order valence-corrected chi connectivity index (χ3v) is 2.96. The second kappa shape index (κ2) is 4.83. The van der Waals surface area contributed by atoms with E-state index in [1.54, 1.807) is 24.3 Å². The summed E-state index contributed by atoms with van der Waals surface area (Å²) in [6.07, 6.45) is 0.294. The van der Waals surface area contributed by atoms with Crippen LogP contribution in [0.2, 0.25) is 5.02 Å². The molecule has 5 nitrogen and oxygen atoms in total. The van der Waals surface area contributed by atoms with E-state index in [0.717, 1.165) is 4.90 Å². The molecule has 1 aromatic rings. The van der Waals surface area contributed by atoms with E-state index in [9.17, 15) is 14.4 Å². The topological polar surface area (TPSA) is 66.5 Å². The van der Waals surface area contributed by atoms with E-state index in [2.05, 4.69) is 5.32 Å². The lowest BCUT2D eigenvalue weighted by atomic mass is 10.1. The Hall–Kier alpha value is -1.79. The second-order valence-electron chi connectivity index (χ2n) is 3.56. The molecule has 92 valence electrons. The molecule has 0 radical (unpaired) electrons. The number of nitrogens with zero attached hydrogens (tertiary/aromatic N) is 1. The Morgan fingerprint density at radius 2 is 1.89 bits per heavy atom. The molecule has 0 aliphatic carbocycles. The van der Waals surface area contributed by atoms with Gasteiger partial charge in [-0.3, -0.25) is 14.5 Å². The molecule has 0 aromatic heterocycles. The Labute approximate surface area is 113 Å². The van der Waals surface area contributed by atoms with Crippen molar-refractivity contribution in [2.75, 3.05) is 4.90 Å². The number of amides is 2. The molecule has 1 saturated heterocycles. The molecule has 1 N–H and O–H groups in total. The summed E-state index contributed by atoms with van der Waals surface area (Å²) in [5.74, 6) is -2.74. The number of carbonyl (C=O) groups excluding carboxylic acids is 3. The van der Waals surface area contributed by atoms with Crippen LogP contribution in [0, 0.1) is 5.92 Å². The number of carbonyl (C=O) groups is 3. The number of halogens is 1. The molecule has 2 rings (SSSR count). The van der Waals surface area contributed by atoms with Crippen LogP contribution in [0.15, 0.2) is 24.3 Å². The molecule has 2 amide bonds. The molecule has 1 fully saturated rings. The van der Waals surface area contributed by atoms with Gasteiger partial charge in [0.15, 0.2) is 11.0 Å². The van der Waals surface area contributed by atoms with Gasteiger partial charge in [-0.15, -0.1) is 0 Å². The molecule has 1 aliphatic heterocycles. The van der Waals surface area contributed by atoms with Crippen molar-refractivity contribution in [3.63, 3.8) is 0 Å². The number of nitrogens with one attached hydrogen (secondary N) is 1. The summed E-state index contributed by atoms with van der Waals surface area (Å²) >= 11 is 10.7. The maximum absolute atomic E-state index is 12.0. The summed E-state index contributed by atoms with van der Waals surface area (Å²) < 4.78 is 0. The third-order valence-electron chi connectivity index (χ3n) is 2.42. The lowest BCUT2D eigenvalue weighted by molar-refractivity contribution is -0.136. The van der Waals surface area contributed by atoms with E-state index >= 15 is 0 Å². The highest BCUT2D eigenvalue weighted by molar-refractivity contribution is 7.80. The van der Waals surface area contributed by atoms with E-state index in [1.165, 1.54) is 0 Å². The first kappa shape index (κ1) is 12.7. The summed E-state index contributed by atoms with van der Waals surface area (Å²) in [7, 11) is 0. The van der Waals surface area contributed by atoms with Crippen molar-refractivity contribution in [3.05, 3.63) is 29.3 Å². The van der Waals surface area contributed by atoms with Gasteiger partial charge in [0.25, 0.3) is 5.91 Å². The number of benzene rings is 1. The van der Waals surface area contributed by atoms with E-state index < -0.39 is 17.7 Å². The lowest BCUT2D eigenvalue weighted by Crippen LogP contribution is -2.58. The fourth-order valence-electron chi connectivity index (χ4n) is 1.55. The maximum Gasteiger partial charge on any atom is 0.253 e. The van der Waals surface area contributed by atoms with Crippen LogP contribution in [-0.2, 0) is 14.4 Å². The fourth-order valence-corrected chi connectivity index (χ4v) is 1.97. The number of rotatable bonds is 2. The first-order chi connectivity index (χ1) is 8.54. The van der Waals surface area contributed by atoms with Gasteiger partial charge in [-0.25, -0.2) is 0 Å². The molecule has 0 spiro atoms. The van der Waals surface area contributed by atoms with Crippen molar-refractivity contribution in [3.8, 4) is 0 Å². The minimum absolute atomic E-state index is 0.0505. The summed E-state index contributed by atoms with van der Waals surface area (Å²) in [4.78, 5) is 35.2. The highest BCUT2D eigenvalue weighted by Crippen LogP contribution is 2.22. The average Bonchev–Trinajstić information content (AvgIpc) is 2.31. The molecule has 1 heterocycles. The van der Waals surface area contributed by atoms with Gasteiger partial charge >= 0.3 is 0 Å². The zero-order valence-electron chi connectivity index (χ0n) is 8.92. The monoisotopic (exact) mass is 282 g/mol. The van der Waals surface area contributed by atoms with Crippen LogP contribution in [0.1, 0.15) is 0 Å². The van der Waals surface area contributed by atoms with Crippen LogP contribution in [0.5, 0.6) is 0 Å². The standard InChI is InChI=1S/C11H7ClN2O3S/c12-6-1-3-7(4-2-6)14-10(17)8(5-15)9(16)13-11(14)18/h1-5,8H,(H,13,16,18)/t8-/m0/s1. The summed E-state index contributed by atoms with van der Waals surface area (Å²) in [6.45, 7) is 0. The average molecular weight is 283 g/mol. The first-order valence-electron chi connectivity index (χ1n) is 4.94. The van der Waals surface area contributed by atoms with Gasteiger partial charge in [0.2, 0.25) is 5.91 Å². The fraction of sp³-hybridized carbons (Fsp3) is 0.0909. The third kappa shape index (κ3) is 2.12. The largest absolute Gasteiger partial charge is 0.302 e. The summed E-state index contributed by atoms with van der Waals surface area (Å²) in [6, 6.07) is 6.32. The SMILES string of the molecule is O=C[C@H]1C(=O)NC(=S)N(c2ccc(Cl)cc2)C1=O. The Balaban J connectivity index is 2.39. The first-order valence-corrected chi connectivity index (χ1v) is 5.73. The number of hydrogen-bond donors (Lipinski definition) is 1. The van der Waals surface area contributed by atoms with Gasteiger partial charge in [0.05, 0.1) is 5.69 Å². The predicted octanol–water partition coefficient (Wildman–Crippen LogP) is 0.903. The van der Waals surface area contributed by atoms with Gasteiger partial charge in [-0.1, -0.05) is 11.6 Å². The predicted molar refractivity (Wildman–Crippen MR) is 69.2 cm³/mol. The highest BCUT2D eigenvalue weighted by atomic mass is 35.5. The van der Waals surface area contributed by atoms with Crippen LogP contribution in [-0.4, -0.2) is 23.2 Å². The van der Waals surface area contributed by atoms with Gasteiger partial charge in [-0.2, -0.15) is 0 Å². The van der Waals surface area contributed by atoms with Gasteiger partial charge in [0.1, 0.15) is 6.29 Å². The Kier molecular flexibility index (Phi) is 3.40. The van der Waals surface area contributed by atoms with Crippen LogP contribution in [0.25, 0.3) is 0 Å². The van der Waals surface area contributed by atoms with Crippen LogP contribution in [0.4, 0.5) is 5.69 Å². The minimum atomic E-state index is -1.37. The number of aldehydes is 1. The van der Waals surface area contributed by atoms with E-state index in [1.807, 2.05) is 0 Å². The molecule has 0 bridgehead atoms. The maximum atomic E-state index is 12.0. The van der Waals surface area contributed by atoms with Gasteiger partial charge in [-0.05, 0) is 36.5 Å². The van der Waals surface area contributed by atoms with Crippen molar-refractivity contribution < 1.29 is 14.4 Å². The number of thiocarbonyl (C=S) groups is 1. The normalized spacial score (nSPS) is 19.7. The quantitative estimate of drug-likeness (QED) is 0.497. The molecule has 1 aromatic carbocycles. The Bertz CT molecular complexity index is 544. The minimum Gasteiger partial charge on any atom is -0.302 e. The molecule has 1 atom stereocenters. The summed E-state index contributed by atoms with van der Waals surface area (Å²) in [5.41, 5.74) is 0.446. The zero-order valence-corrected chi connectivity index (χ0v) is 10.5. The highest BCUT2D eigenvalue weighted by Gasteiger charge is 2.39. The number of anilines is 1. The van der Waals surface area contributed by atoms with Crippen LogP contribution >= 0.6 is 23.8 Å². The Morgan fingerprint density at radius 3 is 2.44 bits per heavy atom. The van der Waals surface area contributed by atoms with Crippen molar-refractivity contribution in [2.45, 2.75) is 0 Å². The smallest absolute Gasteiger partial charge is 0.253 e. The van der Waals surface area contributed by atoms with Crippen molar-refractivity contribution in [1.82, 2.24) is 5.32 Å². The van der Waals surface area contributed by atoms with Gasteiger partial charge in [0, 0.05) is 5.02 Å². The van der Waals surface area contributed by atoms with Crippen molar-refractivity contribution in [2.24, 2.45) is 5.92 Å². The molecule has 0 saturated carbocycles. The van der Waals surface area contributed by atoms with Crippen molar-refractivity contribution in [1.29, 1.82) is 0 Å². The van der Waals surface area contributed by atoms with E-state index in [4.69, 9.17) is 23.8 Å². The molecular weight excluding hydrogens is 276 g/mol. The summed E-state index contributed by atoms with van der Waals surface area (Å²) in [5, 5.41) is 2.76. The van der Waals surface area contributed by atoms with Crippen LogP contribution < -0.4 is 10.2 Å². The zero-order chi connectivity index (χ0) is 13.3. The Morgan fingerprint density at radius 1 is 1.28 bits per heavy atom. The molecular formula is C11H7ClN2O3S. The van der Waals surface area contributed by atoms with Crippen LogP contribution in [0.3, 0.4) is 0 Å². The molecule has 7 heteroatoms. The van der Waals surface area contributed by atoms with Gasteiger partial charge < -0.3 is 10.1 Å². The number of hydrogen-bond acceptors (Lipinski definition) is 4. The lowest BCUT2D eigenvalue weighted by Gasteiger charge is -2.30. The van der Waals surface area contributed by atoms with E-state index in [0.29, 0.717) is 17.0 Å².